The Kier molecular flexibility index (Phi) is 17.2. The first kappa shape index (κ1) is 29.2. The summed E-state index contributed by atoms with van der Waals surface area (Å²) in [5.41, 5.74) is 1.59. The van der Waals surface area contributed by atoms with Crippen LogP contribution in [0.25, 0.3) is 10.8 Å². The zero-order valence-corrected chi connectivity index (χ0v) is 22.9. The van der Waals surface area contributed by atoms with Crippen LogP contribution in [0.1, 0.15) is 5.56 Å². The summed E-state index contributed by atoms with van der Waals surface area (Å²) >= 11 is 1.74. The molecule has 0 bridgehead atoms. The van der Waals surface area contributed by atoms with Crippen molar-refractivity contribution in [1.82, 2.24) is 0 Å². The number of rotatable bonds is 4. The molecule has 0 saturated heterocycles. The second kappa shape index (κ2) is 15.9. The molecule has 6 heteroatoms. The Morgan fingerprint density at radius 3 is 2.07 bits per heavy atom. The zero-order chi connectivity index (χ0) is 18.7. The van der Waals surface area contributed by atoms with Gasteiger partial charge in [0.05, 0.1) is 0 Å². The van der Waals surface area contributed by atoms with E-state index >= 15 is 0 Å². The fourth-order valence-corrected chi connectivity index (χ4v) is 2.84. The van der Waals surface area contributed by atoms with Crippen molar-refractivity contribution in [3.05, 3.63) is 72.3 Å². The number of halogens is 2. The van der Waals surface area contributed by atoms with E-state index in [9.17, 15) is 0 Å². The van der Waals surface area contributed by atoms with Crippen molar-refractivity contribution in [1.29, 1.82) is 0 Å². The average Bonchev–Trinajstić information content (AvgIpc) is 3.17. The van der Waals surface area contributed by atoms with E-state index < -0.39 is 8.32 Å². The van der Waals surface area contributed by atoms with Gasteiger partial charge < -0.3 is 29.2 Å². The molecule has 0 N–H and O–H groups in total. The molecule has 3 aromatic rings. The Morgan fingerprint density at radius 1 is 1.00 bits per heavy atom. The van der Waals surface area contributed by atoms with Crippen LogP contribution in [0.3, 0.4) is 0 Å². The summed E-state index contributed by atoms with van der Waals surface area (Å²) in [5.74, 6) is 0. The SMILES string of the molecule is C[Si](C)(C)OCC[c-]1cccc1.C[Si](C)=[Zr+2].[Cl-].[Cl-].c1ccc2[cH-]ccc2c1. The first-order valence-corrected chi connectivity index (χ1v) is 18.3. The van der Waals surface area contributed by atoms with Gasteiger partial charge in [0.15, 0.2) is 8.32 Å². The molecule has 0 amide bonds. The average molecular weight is 517 g/mol. The second-order valence-electron chi connectivity index (χ2n) is 7.16. The molecule has 0 aromatic heterocycles. The Hall–Kier alpha value is 0.0369. The number of hydrogen-bond donors (Lipinski definition) is 0. The van der Waals surface area contributed by atoms with E-state index in [1.807, 2.05) is 0 Å². The van der Waals surface area contributed by atoms with E-state index in [-0.39, 0.29) is 30.2 Å². The first-order chi connectivity index (χ1) is 11.8. The maximum absolute atomic E-state index is 5.74. The van der Waals surface area contributed by atoms with Gasteiger partial charge in [0, 0.05) is 6.61 Å². The van der Waals surface area contributed by atoms with Gasteiger partial charge >= 0.3 is 41.9 Å². The van der Waals surface area contributed by atoms with E-state index in [0.29, 0.717) is 0 Å². The van der Waals surface area contributed by atoms with Crippen LogP contribution in [0.15, 0.2) is 66.7 Å². The Bertz CT molecular complexity index is 700. The van der Waals surface area contributed by atoms with Gasteiger partial charge in [-0.2, -0.15) is 35.2 Å². The Labute approximate surface area is 194 Å². The molecule has 0 aliphatic carbocycles. The van der Waals surface area contributed by atoms with Crippen LogP contribution >= 0.6 is 0 Å². The number of fused-ring (bicyclic) bond motifs is 1. The minimum absolute atomic E-state index is 0. The van der Waals surface area contributed by atoms with Crippen LogP contribution in [0, 0.1) is 0 Å². The summed E-state index contributed by atoms with van der Waals surface area (Å²) in [7, 11) is -1.29. The van der Waals surface area contributed by atoms with Crippen LogP contribution < -0.4 is 24.8 Å². The van der Waals surface area contributed by atoms with E-state index in [4.69, 9.17) is 4.43 Å². The van der Waals surface area contributed by atoms with E-state index in [0.717, 1.165) is 13.0 Å². The fourth-order valence-electron chi connectivity index (χ4n) is 2.13. The van der Waals surface area contributed by atoms with E-state index in [1.54, 1.807) is 23.3 Å². The predicted molar refractivity (Wildman–Crippen MR) is 112 cm³/mol. The molecule has 27 heavy (non-hydrogen) atoms. The van der Waals surface area contributed by atoms with Crippen molar-refractivity contribution >= 4 is 24.5 Å². The Morgan fingerprint density at radius 2 is 1.56 bits per heavy atom. The summed E-state index contributed by atoms with van der Waals surface area (Å²) in [6, 6.07) is 23.1. The summed E-state index contributed by atoms with van der Waals surface area (Å²) in [6.07, 6.45) is 1.05. The fraction of sp³-hybridized carbons (Fsp3) is 0.333. The zero-order valence-electron chi connectivity index (χ0n) is 16.9. The minimum atomic E-state index is -1.29. The molecule has 148 valence electrons. The second-order valence-corrected chi connectivity index (χ2v) is 21.0. The van der Waals surface area contributed by atoms with E-state index in [2.05, 4.69) is 99.5 Å². The van der Waals surface area contributed by atoms with Gasteiger partial charge in [-0.25, -0.2) is 12.1 Å². The van der Waals surface area contributed by atoms with Crippen LogP contribution in [0.5, 0.6) is 0 Å². The maximum atomic E-state index is 5.74. The molecule has 0 saturated carbocycles. The topological polar surface area (TPSA) is 9.23 Å². The molecule has 0 spiro atoms. The largest absolute Gasteiger partial charge is 1.00 e. The van der Waals surface area contributed by atoms with Gasteiger partial charge in [0.1, 0.15) is 0 Å². The third kappa shape index (κ3) is 15.6. The molecule has 0 unspecified atom stereocenters. The third-order valence-corrected chi connectivity index (χ3v) is 4.28. The summed E-state index contributed by atoms with van der Waals surface area (Å²) in [5, 5.41) is 2.66. The van der Waals surface area contributed by atoms with Gasteiger partial charge in [-0.15, -0.1) is 29.7 Å². The quantitative estimate of drug-likeness (QED) is 0.355. The number of hydrogen-bond acceptors (Lipinski definition) is 1. The van der Waals surface area contributed by atoms with Crippen molar-refractivity contribution in [3.63, 3.8) is 0 Å². The normalized spacial score (nSPS) is 9.74. The standard InChI is InChI=1S/C10H17OSi.C9H7.C2H6Si.2ClH.Zr/c1-12(2,3)11-9-8-10-6-4-5-7-10;1-2-5-9-7-3-6-8(9)4-1;1-3-2;;;/h4-7H,8-9H2,1-3H3;1-7H;1-2H3;2*1H;/q2*-1;;;;+2/p-2. The van der Waals surface area contributed by atoms with Gasteiger partial charge in [-0.3, -0.25) is 0 Å². The number of benzene rings is 1. The van der Waals surface area contributed by atoms with Gasteiger partial charge in [-0.1, -0.05) is 12.5 Å². The molecule has 3 aromatic carbocycles. The first-order valence-electron chi connectivity index (χ1n) is 8.75. The van der Waals surface area contributed by atoms with Crippen LogP contribution in [-0.4, -0.2) is 20.4 Å². The smallest absolute Gasteiger partial charge is 0.0809 e. The van der Waals surface area contributed by atoms with E-state index in [1.165, 1.54) is 16.3 Å². The predicted octanol–water partition coefficient (Wildman–Crippen LogP) is 0.151. The van der Waals surface area contributed by atoms with Crippen molar-refractivity contribution < 1.29 is 52.6 Å². The summed E-state index contributed by atoms with van der Waals surface area (Å²) in [6.45, 7) is 12.2. The van der Waals surface area contributed by atoms with Gasteiger partial charge in [0.2, 0.25) is 0 Å². The van der Waals surface area contributed by atoms with Gasteiger partial charge in [0.25, 0.3) is 0 Å². The molecule has 0 fully saturated rings. The minimum Gasteiger partial charge on any atom is -1.00 e. The third-order valence-electron chi connectivity index (χ3n) is 3.21. The van der Waals surface area contributed by atoms with Crippen LogP contribution in [0.4, 0.5) is 0 Å². The van der Waals surface area contributed by atoms with Crippen molar-refractivity contribution in [2.24, 2.45) is 0 Å². The molecular weight excluding hydrogens is 487 g/mol. The van der Waals surface area contributed by atoms with Gasteiger partial charge in [-0.05, 0) is 19.6 Å². The molecule has 0 radical (unpaired) electrons. The maximum Gasteiger partial charge on any atom is -0.0809 e. The summed E-state index contributed by atoms with van der Waals surface area (Å²) < 4.78 is 5.74. The summed E-state index contributed by atoms with van der Waals surface area (Å²) in [4.78, 5) is 0. The van der Waals surface area contributed by atoms with Crippen molar-refractivity contribution in [2.75, 3.05) is 6.61 Å². The Balaban J connectivity index is 0. The molecule has 0 aliphatic rings. The molecule has 3 rings (SSSR count). The monoisotopic (exact) mass is 514 g/mol. The van der Waals surface area contributed by atoms with Crippen LogP contribution in [-0.2, 0) is 34.2 Å². The van der Waals surface area contributed by atoms with Crippen molar-refractivity contribution in [3.8, 4) is 0 Å². The molecular formula is C21H30Cl2OSi2Zr-2. The molecule has 0 atom stereocenters. The molecule has 0 aliphatic heterocycles. The molecule has 1 nitrogen and oxygen atoms in total. The molecule has 0 heterocycles. The van der Waals surface area contributed by atoms with Crippen molar-refractivity contribution in [2.45, 2.75) is 39.2 Å². The van der Waals surface area contributed by atoms with Crippen LogP contribution in [0.2, 0.25) is 32.7 Å².